The summed E-state index contributed by atoms with van der Waals surface area (Å²) in [5.41, 5.74) is 2.38. The number of hydrogen-bond donors (Lipinski definition) is 1. The van der Waals surface area contributed by atoms with E-state index in [4.69, 9.17) is 0 Å². The second kappa shape index (κ2) is 5.82. The first kappa shape index (κ1) is 12.8. The normalized spacial score (nSPS) is 9.74. The van der Waals surface area contributed by atoms with Crippen LogP contribution in [0.15, 0.2) is 60.8 Å². The van der Waals surface area contributed by atoms with E-state index in [1.54, 1.807) is 12.1 Å². The molecule has 96 valence electrons. The highest BCUT2D eigenvalue weighted by atomic mass is 16.6. The molecule has 0 saturated heterocycles. The average molecular weight is 254 g/mol. The average Bonchev–Trinajstić information content (AvgIpc) is 2.88. The Labute approximate surface area is 110 Å². The largest absolute Gasteiger partial charge is 0.361 e. The van der Waals surface area contributed by atoms with Gasteiger partial charge in [-0.05, 0) is 24.4 Å². The van der Waals surface area contributed by atoms with Gasteiger partial charge in [0.1, 0.15) is 0 Å². The van der Waals surface area contributed by atoms with Gasteiger partial charge in [-0.2, -0.15) is 0 Å². The molecule has 4 nitrogen and oxygen atoms in total. The predicted octanol–water partition coefficient (Wildman–Crippen LogP) is 4.07. The second-order valence-electron chi connectivity index (χ2n) is 4.16. The highest BCUT2D eigenvalue weighted by Gasteiger charge is 2.00. The number of nitro benzene ring substituents is 1. The lowest BCUT2D eigenvalue weighted by atomic mass is 10.2. The molecule has 0 fully saturated rings. The summed E-state index contributed by atoms with van der Waals surface area (Å²) in [5.74, 6) is 0. The number of nitrogens with one attached hydrogen (secondary N) is 1. The molecule has 0 radical (unpaired) electrons. The van der Waals surface area contributed by atoms with Crippen molar-refractivity contribution < 1.29 is 4.92 Å². The molecule has 0 saturated carbocycles. The Hall–Kier alpha value is -2.62. The van der Waals surface area contributed by atoms with Crippen LogP contribution in [0, 0.1) is 17.0 Å². The molecule has 4 heteroatoms. The molecule has 0 spiro atoms. The van der Waals surface area contributed by atoms with Gasteiger partial charge in [-0.25, -0.2) is 0 Å². The van der Waals surface area contributed by atoms with Crippen molar-refractivity contribution in [2.75, 3.05) is 0 Å². The molecule has 0 unspecified atom stereocenters. The van der Waals surface area contributed by atoms with Crippen LogP contribution >= 0.6 is 0 Å². The zero-order valence-electron chi connectivity index (χ0n) is 10.5. The first-order valence-electron chi connectivity index (χ1n) is 5.90. The van der Waals surface area contributed by atoms with Gasteiger partial charge in [0.05, 0.1) is 4.92 Å². The molecule has 1 N–H and O–H groups in total. The highest BCUT2D eigenvalue weighted by Crippen LogP contribution is 2.10. The maximum atomic E-state index is 10.1. The maximum absolute atomic E-state index is 10.1. The molecule has 3 aromatic rings. The van der Waals surface area contributed by atoms with E-state index in [1.165, 1.54) is 23.0 Å². The van der Waals surface area contributed by atoms with E-state index in [9.17, 15) is 10.1 Å². The van der Waals surface area contributed by atoms with Crippen LogP contribution in [-0.4, -0.2) is 9.91 Å². The number of aromatic nitrogens is 1. The van der Waals surface area contributed by atoms with Crippen LogP contribution in [0.5, 0.6) is 0 Å². The van der Waals surface area contributed by atoms with E-state index >= 15 is 0 Å². The Kier molecular flexibility index (Phi) is 3.93. The van der Waals surface area contributed by atoms with E-state index in [0.717, 1.165) is 5.56 Å². The number of fused-ring (bicyclic) bond motifs is 1. The Morgan fingerprint density at radius 1 is 1.00 bits per heavy atom. The van der Waals surface area contributed by atoms with Gasteiger partial charge >= 0.3 is 0 Å². The minimum atomic E-state index is -0.403. The molecule has 0 atom stereocenters. The van der Waals surface area contributed by atoms with Crippen molar-refractivity contribution in [3.8, 4) is 0 Å². The lowest BCUT2D eigenvalue weighted by Gasteiger charge is -1.90. The van der Waals surface area contributed by atoms with Gasteiger partial charge in [0.25, 0.3) is 5.69 Å². The standard InChI is InChI=1S/C8H7N.C7H7NO2/c1-2-4-8-7(3-1)5-6-9-8;1-6-2-4-7(5-3-6)8(9)10/h1-6,9H;2-5H,1H3. The van der Waals surface area contributed by atoms with Crippen molar-refractivity contribution >= 4 is 16.6 Å². The SMILES string of the molecule is Cc1ccc([N+](=O)[O-])cc1.c1ccc2[nH]ccc2c1. The van der Waals surface area contributed by atoms with Crippen LogP contribution in [0.3, 0.4) is 0 Å². The van der Waals surface area contributed by atoms with Gasteiger partial charge in [-0.15, -0.1) is 0 Å². The van der Waals surface area contributed by atoms with Crippen LogP contribution in [0.4, 0.5) is 5.69 Å². The number of nitrogens with zero attached hydrogens (tertiary/aromatic N) is 1. The van der Waals surface area contributed by atoms with Gasteiger partial charge < -0.3 is 4.98 Å². The third-order valence-electron chi connectivity index (χ3n) is 2.71. The predicted molar refractivity (Wildman–Crippen MR) is 76.1 cm³/mol. The number of non-ortho nitro benzene ring substituents is 1. The molecule has 0 bridgehead atoms. The van der Waals surface area contributed by atoms with Crippen LogP contribution in [0.25, 0.3) is 10.9 Å². The van der Waals surface area contributed by atoms with Gasteiger partial charge in [-0.3, -0.25) is 10.1 Å². The summed E-state index contributed by atoms with van der Waals surface area (Å²) >= 11 is 0. The number of aromatic amines is 1. The van der Waals surface area contributed by atoms with Gasteiger partial charge in [0.2, 0.25) is 0 Å². The summed E-state index contributed by atoms with van der Waals surface area (Å²) in [6, 6.07) is 16.7. The van der Waals surface area contributed by atoms with Gasteiger partial charge in [0.15, 0.2) is 0 Å². The molecular formula is C15H14N2O2. The molecule has 0 aliphatic rings. The van der Waals surface area contributed by atoms with E-state index in [1.807, 2.05) is 25.3 Å². The summed E-state index contributed by atoms with van der Waals surface area (Å²) in [5, 5.41) is 11.4. The van der Waals surface area contributed by atoms with Crippen molar-refractivity contribution in [1.82, 2.24) is 4.98 Å². The molecule has 1 aromatic heterocycles. The Balaban J connectivity index is 0.000000141. The number of para-hydroxylation sites is 1. The molecule has 0 aliphatic heterocycles. The zero-order chi connectivity index (χ0) is 13.7. The molecular weight excluding hydrogens is 240 g/mol. The smallest absolute Gasteiger partial charge is 0.269 e. The van der Waals surface area contributed by atoms with E-state index < -0.39 is 4.92 Å². The maximum Gasteiger partial charge on any atom is 0.269 e. The van der Waals surface area contributed by atoms with Crippen molar-refractivity contribution in [3.63, 3.8) is 0 Å². The van der Waals surface area contributed by atoms with Crippen molar-refractivity contribution in [2.24, 2.45) is 0 Å². The minimum Gasteiger partial charge on any atom is -0.361 e. The van der Waals surface area contributed by atoms with Crippen molar-refractivity contribution in [1.29, 1.82) is 0 Å². The summed E-state index contributed by atoms with van der Waals surface area (Å²) in [6.45, 7) is 1.89. The third kappa shape index (κ3) is 3.42. The summed E-state index contributed by atoms with van der Waals surface area (Å²) in [6.07, 6.45) is 1.95. The highest BCUT2D eigenvalue weighted by molar-refractivity contribution is 5.78. The van der Waals surface area contributed by atoms with Crippen LogP contribution in [-0.2, 0) is 0 Å². The second-order valence-corrected chi connectivity index (χ2v) is 4.16. The number of benzene rings is 2. The molecule has 2 aromatic carbocycles. The quantitative estimate of drug-likeness (QED) is 0.525. The minimum absolute atomic E-state index is 0.144. The van der Waals surface area contributed by atoms with Crippen LogP contribution < -0.4 is 0 Å². The monoisotopic (exact) mass is 254 g/mol. The number of H-pyrrole nitrogens is 1. The van der Waals surface area contributed by atoms with Crippen molar-refractivity contribution in [2.45, 2.75) is 6.92 Å². The topological polar surface area (TPSA) is 58.9 Å². The molecule has 19 heavy (non-hydrogen) atoms. The fourth-order valence-electron chi connectivity index (χ4n) is 1.66. The number of hydrogen-bond acceptors (Lipinski definition) is 2. The van der Waals surface area contributed by atoms with Crippen LogP contribution in [0.2, 0.25) is 0 Å². The fraction of sp³-hybridized carbons (Fsp3) is 0.0667. The summed E-state index contributed by atoms with van der Waals surface area (Å²) < 4.78 is 0. The zero-order valence-corrected chi connectivity index (χ0v) is 10.5. The van der Waals surface area contributed by atoms with Gasteiger partial charge in [0, 0.05) is 23.8 Å². The Bertz CT molecular complexity index is 642. The molecule has 1 heterocycles. The van der Waals surface area contributed by atoms with Crippen molar-refractivity contribution in [3.05, 3.63) is 76.5 Å². The van der Waals surface area contributed by atoms with E-state index in [-0.39, 0.29) is 5.69 Å². The summed E-state index contributed by atoms with van der Waals surface area (Å²) in [7, 11) is 0. The molecule has 3 rings (SSSR count). The first-order valence-corrected chi connectivity index (χ1v) is 5.90. The third-order valence-corrected chi connectivity index (χ3v) is 2.71. The molecule has 0 amide bonds. The molecule has 0 aliphatic carbocycles. The number of aryl methyl sites for hydroxylation is 1. The number of nitro groups is 1. The number of rotatable bonds is 1. The lowest BCUT2D eigenvalue weighted by molar-refractivity contribution is -0.384. The summed E-state index contributed by atoms with van der Waals surface area (Å²) in [4.78, 5) is 12.8. The fourth-order valence-corrected chi connectivity index (χ4v) is 1.66. The van der Waals surface area contributed by atoms with E-state index in [0.29, 0.717) is 0 Å². The van der Waals surface area contributed by atoms with E-state index in [2.05, 4.69) is 23.2 Å². The Morgan fingerprint density at radius 2 is 1.68 bits per heavy atom. The first-order chi connectivity index (χ1) is 9.16. The Morgan fingerprint density at radius 3 is 2.32 bits per heavy atom. The van der Waals surface area contributed by atoms with Crippen LogP contribution in [0.1, 0.15) is 5.56 Å². The van der Waals surface area contributed by atoms with Gasteiger partial charge in [-0.1, -0.05) is 35.9 Å². The lowest BCUT2D eigenvalue weighted by Crippen LogP contribution is -1.86.